The van der Waals surface area contributed by atoms with Crippen molar-refractivity contribution < 1.29 is 8.91 Å². The fourth-order valence-electron chi connectivity index (χ4n) is 0.573. The molecule has 1 aromatic heterocycles. The first kappa shape index (κ1) is 6.26. The Morgan fingerprint density at radius 3 is 2.67 bits per heavy atom. The maximum atomic E-state index is 12.3. The fourth-order valence-corrected chi connectivity index (χ4v) is 0.573. The molecule has 2 nitrogen and oxygen atoms in total. The molecule has 1 heterocycles. The predicted molar refractivity (Wildman–Crippen MR) is 30.8 cm³/mol. The van der Waals surface area contributed by atoms with Crippen LogP contribution < -0.4 is 0 Å². The summed E-state index contributed by atoms with van der Waals surface area (Å²) in [4.78, 5) is 0. The van der Waals surface area contributed by atoms with Crippen LogP contribution in [-0.2, 0) is 0 Å². The lowest BCUT2D eigenvalue weighted by Crippen LogP contribution is -1.82. The number of hydrogen-bond donors (Lipinski definition) is 0. The number of rotatable bonds is 1. The van der Waals surface area contributed by atoms with Crippen molar-refractivity contribution in [3.05, 3.63) is 17.5 Å². The minimum atomic E-state index is -1.03. The number of aryl methyl sites for hydroxylation is 1. The van der Waals surface area contributed by atoms with Crippen molar-refractivity contribution in [1.82, 2.24) is 5.16 Å². The smallest absolute Gasteiger partial charge is 0.143 e. The SMILES string of the molecule is Cc1cc(C(C)F)no1. The highest BCUT2D eigenvalue weighted by molar-refractivity contribution is 5.05. The molecule has 1 rings (SSSR count). The maximum absolute atomic E-state index is 12.3. The summed E-state index contributed by atoms with van der Waals surface area (Å²) < 4.78 is 17.0. The Labute approximate surface area is 52.7 Å². The molecule has 0 aliphatic carbocycles. The molecule has 0 aliphatic heterocycles. The molecular formula is C6H8FNO. The van der Waals surface area contributed by atoms with Gasteiger partial charge in [0.2, 0.25) is 0 Å². The van der Waals surface area contributed by atoms with E-state index in [2.05, 4.69) is 9.68 Å². The van der Waals surface area contributed by atoms with E-state index < -0.39 is 6.17 Å². The summed E-state index contributed by atoms with van der Waals surface area (Å²) in [6.45, 7) is 3.16. The minimum absolute atomic E-state index is 0.368. The molecule has 1 unspecified atom stereocenters. The average molecular weight is 129 g/mol. The standard InChI is InChI=1S/C6H8FNO/c1-4-3-6(5(2)7)8-9-4/h3,5H,1-2H3. The van der Waals surface area contributed by atoms with Gasteiger partial charge in [-0.15, -0.1) is 0 Å². The molecule has 0 bridgehead atoms. The van der Waals surface area contributed by atoms with Gasteiger partial charge in [-0.1, -0.05) is 5.16 Å². The van der Waals surface area contributed by atoms with E-state index in [1.807, 2.05) is 0 Å². The van der Waals surface area contributed by atoms with E-state index in [-0.39, 0.29) is 0 Å². The largest absolute Gasteiger partial charge is 0.361 e. The molecule has 9 heavy (non-hydrogen) atoms. The van der Waals surface area contributed by atoms with Crippen molar-refractivity contribution in [3.8, 4) is 0 Å². The molecule has 0 aromatic carbocycles. The summed E-state index contributed by atoms with van der Waals surface area (Å²) in [6, 6.07) is 1.59. The van der Waals surface area contributed by atoms with Crippen LogP contribution in [0.3, 0.4) is 0 Å². The zero-order valence-corrected chi connectivity index (χ0v) is 5.39. The topological polar surface area (TPSA) is 26.0 Å². The van der Waals surface area contributed by atoms with E-state index in [1.165, 1.54) is 6.92 Å². The second-order valence-corrected chi connectivity index (χ2v) is 1.98. The van der Waals surface area contributed by atoms with Crippen molar-refractivity contribution in [1.29, 1.82) is 0 Å². The van der Waals surface area contributed by atoms with Gasteiger partial charge in [-0.05, 0) is 13.8 Å². The van der Waals surface area contributed by atoms with Gasteiger partial charge < -0.3 is 4.52 Å². The van der Waals surface area contributed by atoms with Gasteiger partial charge in [-0.2, -0.15) is 0 Å². The molecule has 0 saturated heterocycles. The third-order valence-corrected chi connectivity index (χ3v) is 1.05. The second kappa shape index (κ2) is 2.17. The maximum Gasteiger partial charge on any atom is 0.143 e. The highest BCUT2D eigenvalue weighted by Crippen LogP contribution is 2.14. The zero-order chi connectivity index (χ0) is 6.85. The highest BCUT2D eigenvalue weighted by Gasteiger charge is 2.06. The Morgan fingerprint density at radius 1 is 1.78 bits per heavy atom. The van der Waals surface area contributed by atoms with Crippen molar-refractivity contribution in [2.24, 2.45) is 0 Å². The molecular weight excluding hydrogens is 121 g/mol. The molecule has 0 amide bonds. The molecule has 0 radical (unpaired) electrons. The monoisotopic (exact) mass is 129 g/mol. The number of nitrogens with zero attached hydrogens (tertiary/aromatic N) is 1. The number of hydrogen-bond acceptors (Lipinski definition) is 2. The Morgan fingerprint density at radius 2 is 2.44 bits per heavy atom. The van der Waals surface area contributed by atoms with Gasteiger partial charge in [0.15, 0.2) is 0 Å². The minimum Gasteiger partial charge on any atom is -0.361 e. The van der Waals surface area contributed by atoms with Crippen LogP contribution in [0, 0.1) is 6.92 Å². The van der Waals surface area contributed by atoms with Crippen LogP contribution in [0.4, 0.5) is 4.39 Å². The molecule has 0 aliphatic rings. The van der Waals surface area contributed by atoms with E-state index in [0.717, 1.165) is 0 Å². The van der Waals surface area contributed by atoms with Crippen molar-refractivity contribution in [2.75, 3.05) is 0 Å². The molecule has 0 spiro atoms. The van der Waals surface area contributed by atoms with Crippen molar-refractivity contribution >= 4 is 0 Å². The Kier molecular flexibility index (Phi) is 1.51. The van der Waals surface area contributed by atoms with Crippen LogP contribution in [0.2, 0.25) is 0 Å². The quantitative estimate of drug-likeness (QED) is 0.579. The highest BCUT2D eigenvalue weighted by atomic mass is 19.1. The van der Waals surface area contributed by atoms with Gasteiger partial charge in [0.25, 0.3) is 0 Å². The summed E-state index contributed by atoms with van der Waals surface area (Å²) in [5.74, 6) is 0.648. The Balaban J connectivity index is 2.85. The van der Waals surface area contributed by atoms with E-state index in [4.69, 9.17) is 0 Å². The van der Waals surface area contributed by atoms with Gasteiger partial charge >= 0.3 is 0 Å². The van der Waals surface area contributed by atoms with Crippen molar-refractivity contribution in [2.45, 2.75) is 20.0 Å². The average Bonchev–Trinajstić information content (AvgIpc) is 2.14. The van der Waals surface area contributed by atoms with Gasteiger partial charge in [-0.25, -0.2) is 4.39 Å². The first-order valence-electron chi connectivity index (χ1n) is 2.77. The summed E-state index contributed by atoms with van der Waals surface area (Å²) in [6.07, 6.45) is -1.03. The predicted octanol–water partition coefficient (Wildman–Crippen LogP) is 2.01. The summed E-state index contributed by atoms with van der Waals surface area (Å²) in [7, 11) is 0. The zero-order valence-electron chi connectivity index (χ0n) is 5.39. The van der Waals surface area contributed by atoms with E-state index in [1.54, 1.807) is 13.0 Å². The summed E-state index contributed by atoms with van der Waals surface area (Å²) >= 11 is 0. The van der Waals surface area contributed by atoms with Crippen LogP contribution in [0.25, 0.3) is 0 Å². The van der Waals surface area contributed by atoms with E-state index >= 15 is 0 Å². The summed E-state index contributed by atoms with van der Waals surface area (Å²) in [5.41, 5.74) is 0.368. The fraction of sp³-hybridized carbons (Fsp3) is 0.500. The van der Waals surface area contributed by atoms with Gasteiger partial charge in [0, 0.05) is 6.07 Å². The molecule has 0 N–H and O–H groups in total. The molecule has 3 heteroatoms. The van der Waals surface area contributed by atoms with Crippen LogP contribution in [0.15, 0.2) is 10.6 Å². The van der Waals surface area contributed by atoms with E-state index in [0.29, 0.717) is 11.5 Å². The number of alkyl halides is 1. The van der Waals surface area contributed by atoms with Gasteiger partial charge in [-0.3, -0.25) is 0 Å². The van der Waals surface area contributed by atoms with E-state index in [9.17, 15) is 4.39 Å². The number of halogens is 1. The Hall–Kier alpha value is -0.860. The van der Waals surface area contributed by atoms with Crippen LogP contribution in [0.5, 0.6) is 0 Å². The third kappa shape index (κ3) is 1.28. The molecule has 1 atom stereocenters. The molecule has 50 valence electrons. The summed E-state index contributed by atoms with van der Waals surface area (Å²) in [5, 5.41) is 3.47. The van der Waals surface area contributed by atoms with Crippen molar-refractivity contribution in [3.63, 3.8) is 0 Å². The lowest BCUT2D eigenvalue weighted by Gasteiger charge is -1.88. The lowest BCUT2D eigenvalue weighted by molar-refractivity contribution is 0.329. The first-order chi connectivity index (χ1) is 4.20. The third-order valence-electron chi connectivity index (χ3n) is 1.05. The number of aromatic nitrogens is 1. The van der Waals surface area contributed by atoms with Crippen LogP contribution in [-0.4, -0.2) is 5.16 Å². The lowest BCUT2D eigenvalue weighted by atomic mass is 10.3. The van der Waals surface area contributed by atoms with Gasteiger partial charge in [0.1, 0.15) is 17.6 Å². The molecule has 0 fully saturated rings. The molecule has 0 saturated carbocycles. The second-order valence-electron chi connectivity index (χ2n) is 1.98. The van der Waals surface area contributed by atoms with Gasteiger partial charge in [0.05, 0.1) is 0 Å². The first-order valence-corrected chi connectivity index (χ1v) is 2.77. The van der Waals surface area contributed by atoms with Crippen LogP contribution >= 0.6 is 0 Å². The molecule has 1 aromatic rings. The normalized spacial score (nSPS) is 13.7. The Bertz CT molecular complexity index is 195. The van der Waals surface area contributed by atoms with Crippen LogP contribution in [0.1, 0.15) is 24.5 Å².